The molecule has 18 heavy (non-hydrogen) atoms. The number of rotatable bonds is 1. The molecule has 2 heterocycles. The number of nitrogens with zero attached hydrogens (tertiary/aromatic N) is 2. The largest absolute Gasteiger partial charge is 0.486 e. The van der Waals surface area contributed by atoms with Crippen molar-refractivity contribution in [2.24, 2.45) is 0 Å². The first-order valence-electron chi connectivity index (χ1n) is 6.59. The van der Waals surface area contributed by atoms with Crippen LogP contribution in [0.3, 0.4) is 0 Å². The molecular formula is C14H20N2O2. The molecule has 0 amide bonds. The van der Waals surface area contributed by atoms with E-state index in [0.29, 0.717) is 19.3 Å². The van der Waals surface area contributed by atoms with E-state index < -0.39 is 0 Å². The maximum absolute atomic E-state index is 5.80. The molecule has 0 aliphatic carbocycles. The second-order valence-electron chi connectivity index (χ2n) is 5.11. The van der Waals surface area contributed by atoms with Crippen molar-refractivity contribution in [3.8, 4) is 11.5 Å². The number of benzene rings is 1. The smallest absolute Gasteiger partial charge is 0.184 e. The molecule has 0 radical (unpaired) electrons. The summed E-state index contributed by atoms with van der Waals surface area (Å²) in [5.74, 6) is 1.80. The Kier molecular flexibility index (Phi) is 3.04. The van der Waals surface area contributed by atoms with E-state index in [-0.39, 0.29) is 0 Å². The lowest BCUT2D eigenvalue weighted by Crippen LogP contribution is -2.50. The minimum absolute atomic E-state index is 0.501. The molecule has 0 N–H and O–H groups in total. The summed E-state index contributed by atoms with van der Waals surface area (Å²) < 4.78 is 11.5. The number of hydrogen-bond donors (Lipinski definition) is 0. The lowest BCUT2D eigenvalue weighted by Gasteiger charge is -2.40. The van der Waals surface area contributed by atoms with E-state index in [0.717, 1.165) is 31.1 Å². The Morgan fingerprint density at radius 2 is 2.00 bits per heavy atom. The van der Waals surface area contributed by atoms with Crippen molar-refractivity contribution in [2.45, 2.75) is 13.0 Å². The second-order valence-corrected chi connectivity index (χ2v) is 5.11. The first-order valence-corrected chi connectivity index (χ1v) is 6.59. The third-order valence-electron chi connectivity index (χ3n) is 3.69. The molecule has 0 aromatic heterocycles. The number of anilines is 1. The van der Waals surface area contributed by atoms with Crippen molar-refractivity contribution in [3.63, 3.8) is 0 Å². The van der Waals surface area contributed by atoms with Crippen LogP contribution in [0.2, 0.25) is 0 Å². The average molecular weight is 248 g/mol. The van der Waals surface area contributed by atoms with E-state index in [2.05, 4.69) is 29.8 Å². The zero-order valence-electron chi connectivity index (χ0n) is 11.1. The quantitative estimate of drug-likeness (QED) is 0.753. The second kappa shape index (κ2) is 4.69. The zero-order chi connectivity index (χ0) is 12.5. The van der Waals surface area contributed by atoms with Crippen LogP contribution in [0.15, 0.2) is 18.2 Å². The van der Waals surface area contributed by atoms with Gasteiger partial charge in [-0.15, -0.1) is 0 Å². The highest BCUT2D eigenvalue weighted by atomic mass is 16.6. The molecule has 2 aliphatic rings. The Morgan fingerprint density at radius 3 is 2.83 bits per heavy atom. The van der Waals surface area contributed by atoms with E-state index >= 15 is 0 Å². The van der Waals surface area contributed by atoms with Crippen molar-refractivity contribution < 1.29 is 9.47 Å². The lowest BCUT2D eigenvalue weighted by molar-refractivity contribution is 0.171. The number of para-hydroxylation sites is 1. The Bertz CT molecular complexity index is 436. The van der Waals surface area contributed by atoms with Gasteiger partial charge in [0.15, 0.2) is 11.5 Å². The molecule has 1 saturated heterocycles. The number of fused-ring (bicyclic) bond motifs is 1. The molecule has 1 unspecified atom stereocenters. The van der Waals surface area contributed by atoms with Crippen LogP contribution >= 0.6 is 0 Å². The minimum Gasteiger partial charge on any atom is -0.486 e. The van der Waals surface area contributed by atoms with Crippen molar-refractivity contribution in [2.75, 3.05) is 44.8 Å². The molecule has 0 bridgehead atoms. The van der Waals surface area contributed by atoms with Crippen molar-refractivity contribution in [3.05, 3.63) is 18.2 Å². The molecule has 0 saturated carbocycles. The normalized spacial score (nSPS) is 24.1. The van der Waals surface area contributed by atoms with Gasteiger partial charge in [-0.1, -0.05) is 6.07 Å². The molecule has 1 aromatic carbocycles. The number of likely N-dealkylation sites (N-methyl/N-ethyl adjacent to an activating group) is 1. The summed E-state index contributed by atoms with van der Waals surface area (Å²) in [4.78, 5) is 4.79. The summed E-state index contributed by atoms with van der Waals surface area (Å²) >= 11 is 0. The first-order chi connectivity index (χ1) is 8.75. The predicted molar refractivity (Wildman–Crippen MR) is 71.7 cm³/mol. The Balaban J connectivity index is 1.92. The molecule has 98 valence electrons. The maximum Gasteiger partial charge on any atom is 0.184 e. The molecule has 4 heteroatoms. The van der Waals surface area contributed by atoms with Crippen LogP contribution in [-0.4, -0.2) is 50.8 Å². The van der Waals surface area contributed by atoms with Crippen LogP contribution in [0.5, 0.6) is 11.5 Å². The first kappa shape index (κ1) is 11.7. The molecule has 1 aromatic rings. The van der Waals surface area contributed by atoms with Crippen molar-refractivity contribution >= 4 is 5.69 Å². The average Bonchev–Trinajstić information content (AvgIpc) is 2.38. The minimum atomic E-state index is 0.501. The van der Waals surface area contributed by atoms with Gasteiger partial charge in [0, 0.05) is 25.7 Å². The molecule has 3 rings (SSSR count). The fraction of sp³-hybridized carbons (Fsp3) is 0.571. The van der Waals surface area contributed by atoms with Gasteiger partial charge in [0.25, 0.3) is 0 Å². The highest BCUT2D eigenvalue weighted by molar-refractivity contribution is 5.66. The lowest BCUT2D eigenvalue weighted by atomic mass is 10.1. The summed E-state index contributed by atoms with van der Waals surface area (Å²) in [5, 5.41) is 0. The van der Waals surface area contributed by atoms with Crippen LogP contribution in [0.1, 0.15) is 6.92 Å². The predicted octanol–water partition coefficient (Wildman–Crippen LogP) is 1.60. The number of piperazine rings is 1. The highest BCUT2D eigenvalue weighted by Crippen LogP contribution is 2.40. The number of ether oxygens (including phenoxy) is 2. The number of hydrogen-bond acceptors (Lipinski definition) is 4. The molecular weight excluding hydrogens is 228 g/mol. The van der Waals surface area contributed by atoms with Crippen LogP contribution < -0.4 is 14.4 Å². The zero-order valence-corrected chi connectivity index (χ0v) is 11.1. The maximum atomic E-state index is 5.80. The van der Waals surface area contributed by atoms with Crippen molar-refractivity contribution in [1.82, 2.24) is 4.90 Å². The van der Waals surface area contributed by atoms with Crippen molar-refractivity contribution in [1.29, 1.82) is 0 Å². The Labute approximate surface area is 108 Å². The summed E-state index contributed by atoms with van der Waals surface area (Å²) in [6.45, 7) is 6.77. The topological polar surface area (TPSA) is 24.9 Å². The van der Waals surface area contributed by atoms with Gasteiger partial charge >= 0.3 is 0 Å². The summed E-state index contributed by atoms with van der Waals surface area (Å²) in [6.07, 6.45) is 0. The molecule has 0 spiro atoms. The van der Waals surface area contributed by atoms with Gasteiger partial charge in [0.05, 0.1) is 5.69 Å². The molecule has 1 atom stereocenters. The summed E-state index contributed by atoms with van der Waals surface area (Å²) in [6, 6.07) is 6.67. The van der Waals surface area contributed by atoms with Gasteiger partial charge in [-0.3, -0.25) is 0 Å². The van der Waals surface area contributed by atoms with Gasteiger partial charge in [0.1, 0.15) is 13.2 Å². The summed E-state index contributed by atoms with van der Waals surface area (Å²) in [7, 11) is 2.17. The summed E-state index contributed by atoms with van der Waals surface area (Å²) in [5.41, 5.74) is 1.17. The van der Waals surface area contributed by atoms with Gasteiger partial charge in [-0.25, -0.2) is 0 Å². The van der Waals surface area contributed by atoms with Gasteiger partial charge in [-0.2, -0.15) is 0 Å². The fourth-order valence-corrected chi connectivity index (χ4v) is 2.78. The van der Waals surface area contributed by atoms with Gasteiger partial charge in [-0.05, 0) is 26.1 Å². The third-order valence-corrected chi connectivity index (χ3v) is 3.69. The van der Waals surface area contributed by atoms with Crippen LogP contribution in [0.25, 0.3) is 0 Å². The Hall–Kier alpha value is -1.42. The fourth-order valence-electron chi connectivity index (χ4n) is 2.78. The highest BCUT2D eigenvalue weighted by Gasteiger charge is 2.26. The van der Waals surface area contributed by atoms with E-state index in [9.17, 15) is 0 Å². The molecule has 4 nitrogen and oxygen atoms in total. The monoisotopic (exact) mass is 248 g/mol. The SMILES string of the molecule is CC1CN(C)CCN1c1cccc2c1OCCO2. The van der Waals surface area contributed by atoms with Gasteiger partial charge in [0.2, 0.25) is 0 Å². The molecule has 1 fully saturated rings. The van der Waals surface area contributed by atoms with E-state index in [4.69, 9.17) is 9.47 Å². The standard InChI is InChI=1S/C14H20N2O2/c1-11-10-15(2)6-7-16(11)12-4-3-5-13-14(12)18-9-8-17-13/h3-5,11H,6-10H2,1-2H3. The van der Waals surface area contributed by atoms with E-state index in [1.54, 1.807) is 0 Å². The van der Waals surface area contributed by atoms with Crippen LogP contribution in [0, 0.1) is 0 Å². The Morgan fingerprint density at radius 1 is 1.17 bits per heavy atom. The van der Waals surface area contributed by atoms with Crippen LogP contribution in [0.4, 0.5) is 5.69 Å². The van der Waals surface area contributed by atoms with Crippen LogP contribution in [-0.2, 0) is 0 Å². The third kappa shape index (κ3) is 2.01. The molecule has 2 aliphatic heterocycles. The van der Waals surface area contributed by atoms with Gasteiger partial charge < -0.3 is 19.3 Å². The van der Waals surface area contributed by atoms with E-state index in [1.807, 2.05) is 12.1 Å². The van der Waals surface area contributed by atoms with E-state index in [1.165, 1.54) is 5.69 Å².